The normalized spacial score (nSPS) is 10.3. The number of Topliss-reactive ketones (excluding diaryl/α,β-unsaturated/α-hetero) is 1. The van der Waals surface area contributed by atoms with Crippen molar-refractivity contribution in [2.24, 2.45) is 0 Å². The number of para-hydroxylation sites is 1. The topological polar surface area (TPSA) is 97.1 Å². The average Bonchev–Trinajstić information content (AvgIpc) is 2.86. The van der Waals surface area contributed by atoms with E-state index < -0.39 is 0 Å². The van der Waals surface area contributed by atoms with Gasteiger partial charge in [-0.2, -0.15) is 0 Å². The molecule has 0 spiro atoms. The second kappa shape index (κ2) is 6.07. The maximum atomic E-state index is 11.9. The van der Waals surface area contributed by atoms with E-state index in [1.165, 1.54) is 17.8 Å². The first-order valence-corrected chi connectivity index (χ1v) is 6.00. The number of hydrogen-bond acceptors (Lipinski definition) is 5. The minimum atomic E-state index is -0.326. The number of rotatable bonds is 5. The van der Waals surface area contributed by atoms with Crippen LogP contribution >= 0.6 is 0 Å². The molecule has 2 N–H and O–H groups in total. The molecule has 0 bridgehead atoms. The summed E-state index contributed by atoms with van der Waals surface area (Å²) in [5.74, 6) is -0.447. The van der Waals surface area contributed by atoms with Crippen molar-refractivity contribution in [3.05, 3.63) is 41.7 Å². The van der Waals surface area contributed by atoms with Crippen LogP contribution in [-0.2, 0) is 17.9 Å². The van der Waals surface area contributed by atoms with Crippen molar-refractivity contribution in [1.29, 1.82) is 0 Å². The van der Waals surface area contributed by atoms with E-state index in [4.69, 9.17) is 5.11 Å². The Labute approximate surface area is 115 Å². The number of carbonyl (C=O) groups is 2. The van der Waals surface area contributed by atoms with Crippen LogP contribution in [0.15, 0.2) is 30.5 Å². The number of nitrogens with one attached hydrogen (secondary N) is 1. The number of amides is 1. The van der Waals surface area contributed by atoms with Crippen molar-refractivity contribution in [3.63, 3.8) is 0 Å². The fourth-order valence-electron chi connectivity index (χ4n) is 1.72. The third-order valence-corrected chi connectivity index (χ3v) is 2.63. The van der Waals surface area contributed by atoms with Crippen molar-refractivity contribution in [1.82, 2.24) is 15.0 Å². The average molecular weight is 274 g/mol. The number of aromatic nitrogens is 3. The van der Waals surface area contributed by atoms with Crippen LogP contribution in [-0.4, -0.2) is 31.8 Å². The second-order valence-electron chi connectivity index (χ2n) is 4.22. The smallest absolute Gasteiger partial charge is 0.246 e. The molecule has 0 radical (unpaired) electrons. The van der Waals surface area contributed by atoms with Crippen LogP contribution < -0.4 is 5.32 Å². The van der Waals surface area contributed by atoms with Crippen molar-refractivity contribution in [3.8, 4) is 0 Å². The van der Waals surface area contributed by atoms with Crippen LogP contribution in [0.5, 0.6) is 0 Å². The summed E-state index contributed by atoms with van der Waals surface area (Å²) in [6, 6.07) is 6.78. The minimum absolute atomic E-state index is 0.0424. The first-order chi connectivity index (χ1) is 9.60. The Kier molecular flexibility index (Phi) is 4.21. The van der Waals surface area contributed by atoms with Crippen LogP contribution in [0, 0.1) is 0 Å². The van der Waals surface area contributed by atoms with Gasteiger partial charge < -0.3 is 10.4 Å². The molecule has 20 heavy (non-hydrogen) atoms. The second-order valence-corrected chi connectivity index (χ2v) is 4.22. The van der Waals surface area contributed by atoms with Gasteiger partial charge in [-0.3, -0.25) is 9.59 Å². The molecule has 104 valence electrons. The van der Waals surface area contributed by atoms with E-state index in [-0.39, 0.29) is 24.8 Å². The Bertz CT molecular complexity index is 636. The number of nitrogens with zero attached hydrogens (tertiary/aromatic N) is 3. The summed E-state index contributed by atoms with van der Waals surface area (Å²) in [4.78, 5) is 23.3. The van der Waals surface area contributed by atoms with Crippen molar-refractivity contribution < 1.29 is 14.7 Å². The highest BCUT2D eigenvalue weighted by Gasteiger charge is 2.10. The highest BCUT2D eigenvalue weighted by atomic mass is 16.3. The van der Waals surface area contributed by atoms with Crippen LogP contribution in [0.2, 0.25) is 0 Å². The summed E-state index contributed by atoms with van der Waals surface area (Å²) in [6.07, 6.45) is 1.48. The Hall–Kier alpha value is -2.54. The third kappa shape index (κ3) is 3.27. The van der Waals surface area contributed by atoms with Gasteiger partial charge in [0.2, 0.25) is 5.91 Å². The lowest BCUT2D eigenvalue weighted by atomic mass is 10.1. The van der Waals surface area contributed by atoms with E-state index in [2.05, 4.69) is 15.6 Å². The summed E-state index contributed by atoms with van der Waals surface area (Å²) in [5, 5.41) is 18.9. The monoisotopic (exact) mass is 274 g/mol. The van der Waals surface area contributed by atoms with E-state index in [9.17, 15) is 9.59 Å². The third-order valence-electron chi connectivity index (χ3n) is 2.63. The molecule has 0 saturated heterocycles. The van der Waals surface area contributed by atoms with E-state index in [0.717, 1.165) is 0 Å². The molecule has 0 atom stereocenters. The first kappa shape index (κ1) is 13.9. The molecule has 0 aliphatic heterocycles. The van der Waals surface area contributed by atoms with Gasteiger partial charge in [0.05, 0.1) is 18.5 Å². The lowest BCUT2D eigenvalue weighted by Crippen LogP contribution is -2.20. The molecule has 1 amide bonds. The molecule has 1 aromatic heterocycles. The molecule has 0 aliphatic carbocycles. The van der Waals surface area contributed by atoms with Gasteiger partial charge in [-0.25, -0.2) is 4.68 Å². The molecule has 0 saturated carbocycles. The molecule has 0 aliphatic rings. The molecular weight excluding hydrogens is 260 g/mol. The summed E-state index contributed by atoms with van der Waals surface area (Å²) in [7, 11) is 0. The standard InChI is InChI=1S/C13H14N4O3/c1-9(19)11-4-2-3-5-12(11)14-13(20)7-17-6-10(8-18)15-16-17/h2-6,18H,7-8H2,1H3,(H,14,20). The first-order valence-electron chi connectivity index (χ1n) is 6.00. The Balaban J connectivity index is 2.06. The Morgan fingerprint density at radius 2 is 2.10 bits per heavy atom. The number of anilines is 1. The number of aliphatic hydroxyl groups excluding tert-OH is 1. The fourth-order valence-corrected chi connectivity index (χ4v) is 1.72. The molecule has 0 unspecified atom stereocenters. The maximum absolute atomic E-state index is 11.9. The minimum Gasteiger partial charge on any atom is -0.390 e. The van der Waals surface area contributed by atoms with E-state index in [0.29, 0.717) is 16.9 Å². The number of hydrogen-bond donors (Lipinski definition) is 2. The molecular formula is C13H14N4O3. The molecule has 1 aromatic carbocycles. The van der Waals surface area contributed by atoms with Crippen molar-refractivity contribution in [2.75, 3.05) is 5.32 Å². The summed E-state index contributed by atoms with van der Waals surface area (Å²) in [6.45, 7) is 1.17. The highest BCUT2D eigenvalue weighted by molar-refractivity contribution is 6.03. The molecule has 7 nitrogen and oxygen atoms in total. The lowest BCUT2D eigenvalue weighted by Gasteiger charge is -2.08. The van der Waals surface area contributed by atoms with Gasteiger partial charge in [-0.05, 0) is 19.1 Å². The van der Waals surface area contributed by atoms with E-state index in [1.807, 2.05) is 0 Å². The Morgan fingerprint density at radius 3 is 2.75 bits per heavy atom. The van der Waals surface area contributed by atoms with Gasteiger partial charge >= 0.3 is 0 Å². The van der Waals surface area contributed by atoms with Gasteiger partial charge in [-0.15, -0.1) is 5.10 Å². The zero-order valence-corrected chi connectivity index (χ0v) is 10.9. The van der Waals surface area contributed by atoms with Gasteiger partial charge in [0.15, 0.2) is 5.78 Å². The van der Waals surface area contributed by atoms with Crippen LogP contribution in [0.1, 0.15) is 23.0 Å². The van der Waals surface area contributed by atoms with E-state index in [1.54, 1.807) is 24.3 Å². The molecule has 1 heterocycles. The maximum Gasteiger partial charge on any atom is 0.246 e. The number of ketones is 1. The highest BCUT2D eigenvalue weighted by Crippen LogP contribution is 2.15. The zero-order valence-electron chi connectivity index (χ0n) is 10.9. The summed E-state index contributed by atoms with van der Waals surface area (Å²) in [5.41, 5.74) is 1.31. The predicted octanol–water partition coefficient (Wildman–Crippen LogP) is 0.612. The molecule has 2 rings (SSSR count). The van der Waals surface area contributed by atoms with E-state index >= 15 is 0 Å². The number of aliphatic hydroxyl groups is 1. The van der Waals surface area contributed by atoms with Gasteiger partial charge in [-0.1, -0.05) is 17.3 Å². The van der Waals surface area contributed by atoms with Crippen molar-refractivity contribution >= 4 is 17.4 Å². The molecule has 0 fully saturated rings. The predicted molar refractivity (Wildman–Crippen MR) is 71.0 cm³/mol. The zero-order chi connectivity index (χ0) is 14.5. The van der Waals surface area contributed by atoms with Crippen LogP contribution in [0.3, 0.4) is 0 Å². The molecule has 2 aromatic rings. The molecule has 7 heteroatoms. The SMILES string of the molecule is CC(=O)c1ccccc1NC(=O)Cn1cc(CO)nn1. The van der Waals surface area contributed by atoms with Crippen molar-refractivity contribution in [2.45, 2.75) is 20.1 Å². The van der Waals surface area contributed by atoms with Crippen LogP contribution in [0.25, 0.3) is 0 Å². The quantitative estimate of drug-likeness (QED) is 0.779. The lowest BCUT2D eigenvalue weighted by molar-refractivity contribution is -0.116. The van der Waals surface area contributed by atoms with Crippen LogP contribution in [0.4, 0.5) is 5.69 Å². The summed E-state index contributed by atoms with van der Waals surface area (Å²) >= 11 is 0. The number of carbonyl (C=O) groups excluding carboxylic acids is 2. The van der Waals surface area contributed by atoms with Gasteiger partial charge in [0, 0.05) is 5.56 Å². The fraction of sp³-hybridized carbons (Fsp3) is 0.231. The van der Waals surface area contributed by atoms with Gasteiger partial charge in [0.1, 0.15) is 12.2 Å². The summed E-state index contributed by atoms with van der Waals surface area (Å²) < 4.78 is 1.32. The largest absolute Gasteiger partial charge is 0.390 e. The van der Waals surface area contributed by atoms with Gasteiger partial charge in [0.25, 0.3) is 0 Å². The Morgan fingerprint density at radius 1 is 1.35 bits per heavy atom. The number of benzene rings is 1.